The van der Waals surface area contributed by atoms with E-state index in [9.17, 15) is 4.79 Å². The molecule has 0 radical (unpaired) electrons. The zero-order valence-corrected chi connectivity index (χ0v) is 14.5. The summed E-state index contributed by atoms with van der Waals surface area (Å²) in [4.78, 5) is 12.0. The van der Waals surface area contributed by atoms with Crippen LogP contribution in [0.1, 0.15) is 57.2 Å². The van der Waals surface area contributed by atoms with Crippen LogP contribution in [0.2, 0.25) is 0 Å². The maximum absolute atomic E-state index is 12.0. The highest BCUT2D eigenvalue weighted by molar-refractivity contribution is 5.74. The molecule has 0 aliphatic carbocycles. The fourth-order valence-corrected chi connectivity index (χ4v) is 2.33. The molecule has 0 aliphatic rings. The monoisotopic (exact) mass is 306 g/mol. The minimum atomic E-state index is -0.122. The lowest BCUT2D eigenvalue weighted by Gasteiger charge is -2.23. The number of hydrogen-bond acceptors (Lipinski definition) is 2. The van der Waals surface area contributed by atoms with Crippen LogP contribution in [0.4, 0.5) is 4.79 Å². The highest BCUT2D eigenvalue weighted by atomic mass is 16.5. The van der Waals surface area contributed by atoms with E-state index in [-0.39, 0.29) is 12.1 Å². The summed E-state index contributed by atoms with van der Waals surface area (Å²) in [5, 5.41) is 5.94. The molecule has 0 heterocycles. The Balaban J connectivity index is 2.63. The summed E-state index contributed by atoms with van der Waals surface area (Å²) in [6.07, 6.45) is 0.819. The van der Waals surface area contributed by atoms with Crippen LogP contribution in [-0.4, -0.2) is 26.3 Å². The number of benzene rings is 1. The van der Waals surface area contributed by atoms with Crippen molar-refractivity contribution in [3.63, 3.8) is 0 Å². The lowest BCUT2D eigenvalue weighted by atomic mass is 9.93. The molecule has 0 bridgehead atoms. The second-order valence-electron chi connectivity index (χ2n) is 6.29. The first-order valence-electron chi connectivity index (χ1n) is 8.08. The van der Waals surface area contributed by atoms with Gasteiger partial charge in [0.2, 0.25) is 0 Å². The topological polar surface area (TPSA) is 50.4 Å². The van der Waals surface area contributed by atoms with Crippen LogP contribution in [0.5, 0.6) is 0 Å². The highest BCUT2D eigenvalue weighted by Crippen LogP contribution is 2.23. The summed E-state index contributed by atoms with van der Waals surface area (Å²) in [6, 6.07) is 8.42. The average Bonchev–Trinajstić information content (AvgIpc) is 2.49. The average molecular weight is 306 g/mol. The third-order valence-corrected chi connectivity index (χ3v) is 3.73. The number of methoxy groups -OCH3 is 1. The number of urea groups is 1. The molecule has 0 aliphatic heterocycles. The summed E-state index contributed by atoms with van der Waals surface area (Å²) in [5.41, 5.74) is 2.46. The van der Waals surface area contributed by atoms with Crippen molar-refractivity contribution in [1.82, 2.24) is 10.6 Å². The predicted molar refractivity (Wildman–Crippen MR) is 91.1 cm³/mol. The van der Waals surface area contributed by atoms with E-state index in [0.29, 0.717) is 25.0 Å². The van der Waals surface area contributed by atoms with Crippen molar-refractivity contribution in [3.05, 3.63) is 35.4 Å². The summed E-state index contributed by atoms with van der Waals surface area (Å²) in [7, 11) is 1.66. The molecule has 0 unspecified atom stereocenters. The first-order chi connectivity index (χ1) is 10.5. The van der Waals surface area contributed by atoms with Crippen LogP contribution >= 0.6 is 0 Å². The molecule has 2 amide bonds. The number of nitrogens with one attached hydrogen (secondary N) is 2. The predicted octanol–water partition coefficient (Wildman–Crippen LogP) is 3.84. The van der Waals surface area contributed by atoms with Gasteiger partial charge in [0.05, 0.1) is 6.04 Å². The zero-order chi connectivity index (χ0) is 16.5. The number of ether oxygens (including phenoxy) is 1. The van der Waals surface area contributed by atoms with Crippen molar-refractivity contribution >= 4 is 6.03 Å². The smallest absolute Gasteiger partial charge is 0.315 e. The van der Waals surface area contributed by atoms with Crippen molar-refractivity contribution < 1.29 is 9.53 Å². The Hall–Kier alpha value is -1.55. The van der Waals surface area contributed by atoms with E-state index in [2.05, 4.69) is 62.6 Å². The number of hydrogen-bond donors (Lipinski definition) is 2. The maximum atomic E-state index is 12.0. The molecule has 4 nitrogen and oxygen atoms in total. The molecule has 0 spiro atoms. The van der Waals surface area contributed by atoms with Crippen LogP contribution in [0, 0.1) is 5.92 Å². The minimum absolute atomic E-state index is 0.0173. The Bertz CT molecular complexity index is 441. The van der Waals surface area contributed by atoms with Gasteiger partial charge in [-0.15, -0.1) is 0 Å². The van der Waals surface area contributed by atoms with Gasteiger partial charge in [-0.2, -0.15) is 0 Å². The molecule has 1 atom stereocenters. The second kappa shape index (κ2) is 9.46. The molecule has 4 heteroatoms. The van der Waals surface area contributed by atoms with Crippen LogP contribution in [0.15, 0.2) is 24.3 Å². The van der Waals surface area contributed by atoms with Gasteiger partial charge in [0.1, 0.15) is 0 Å². The molecule has 2 N–H and O–H groups in total. The van der Waals surface area contributed by atoms with Crippen LogP contribution in [0.25, 0.3) is 0 Å². The van der Waals surface area contributed by atoms with Gasteiger partial charge in [0.15, 0.2) is 0 Å². The molecule has 0 saturated heterocycles. The first-order valence-corrected chi connectivity index (χ1v) is 8.08. The Labute approximate surface area is 134 Å². The van der Waals surface area contributed by atoms with Gasteiger partial charge < -0.3 is 15.4 Å². The number of carbonyl (C=O) groups excluding carboxylic acids is 1. The molecule has 1 rings (SSSR count). The summed E-state index contributed by atoms with van der Waals surface area (Å²) in [5.74, 6) is 0.846. The summed E-state index contributed by atoms with van der Waals surface area (Å²) >= 11 is 0. The quantitative estimate of drug-likeness (QED) is 0.717. The van der Waals surface area contributed by atoms with E-state index in [1.807, 2.05) is 0 Å². The third kappa shape index (κ3) is 6.06. The van der Waals surface area contributed by atoms with Crippen LogP contribution in [-0.2, 0) is 4.74 Å². The molecule has 0 aromatic heterocycles. The van der Waals surface area contributed by atoms with Crippen LogP contribution < -0.4 is 10.6 Å². The van der Waals surface area contributed by atoms with E-state index < -0.39 is 0 Å². The van der Waals surface area contributed by atoms with E-state index in [1.54, 1.807) is 7.11 Å². The van der Waals surface area contributed by atoms with Crippen molar-refractivity contribution in [1.29, 1.82) is 0 Å². The number of rotatable bonds is 8. The maximum Gasteiger partial charge on any atom is 0.315 e. The van der Waals surface area contributed by atoms with E-state index in [0.717, 1.165) is 12.0 Å². The minimum Gasteiger partial charge on any atom is -0.385 e. The van der Waals surface area contributed by atoms with Crippen molar-refractivity contribution in [2.24, 2.45) is 5.92 Å². The summed E-state index contributed by atoms with van der Waals surface area (Å²) < 4.78 is 4.97. The standard InChI is InChI=1S/C18H30N2O2/c1-13(2)15-7-9-16(10-8-15)17(14(3)4)20-18(21)19-11-6-12-22-5/h7-10,13-14,17H,6,11-12H2,1-5H3,(H2,19,20,21)/t17-/m0/s1. The van der Waals surface area contributed by atoms with Gasteiger partial charge in [-0.25, -0.2) is 4.79 Å². The molecule has 0 saturated carbocycles. The second-order valence-corrected chi connectivity index (χ2v) is 6.29. The SMILES string of the molecule is COCCCNC(=O)N[C@H](c1ccc(C(C)C)cc1)C(C)C. The molecule has 0 fully saturated rings. The van der Waals surface area contributed by atoms with E-state index >= 15 is 0 Å². The van der Waals surface area contributed by atoms with E-state index in [4.69, 9.17) is 4.74 Å². The third-order valence-electron chi connectivity index (χ3n) is 3.73. The van der Waals surface area contributed by atoms with E-state index in [1.165, 1.54) is 5.56 Å². The van der Waals surface area contributed by atoms with Gasteiger partial charge in [0, 0.05) is 20.3 Å². The molecular formula is C18H30N2O2. The zero-order valence-electron chi connectivity index (χ0n) is 14.5. The van der Waals surface area contributed by atoms with Crippen molar-refractivity contribution in [3.8, 4) is 0 Å². The van der Waals surface area contributed by atoms with Gasteiger partial charge >= 0.3 is 6.03 Å². The Morgan fingerprint density at radius 3 is 2.18 bits per heavy atom. The van der Waals surface area contributed by atoms with Crippen molar-refractivity contribution in [2.75, 3.05) is 20.3 Å². The van der Waals surface area contributed by atoms with Crippen molar-refractivity contribution in [2.45, 2.75) is 46.1 Å². The van der Waals surface area contributed by atoms with Gasteiger partial charge in [-0.1, -0.05) is 52.0 Å². The normalized spacial score (nSPS) is 12.5. The van der Waals surface area contributed by atoms with Crippen LogP contribution in [0.3, 0.4) is 0 Å². The Morgan fingerprint density at radius 1 is 1.09 bits per heavy atom. The highest BCUT2D eigenvalue weighted by Gasteiger charge is 2.18. The largest absolute Gasteiger partial charge is 0.385 e. The van der Waals surface area contributed by atoms with Gasteiger partial charge in [0.25, 0.3) is 0 Å². The molecule has 1 aromatic rings. The Morgan fingerprint density at radius 2 is 1.68 bits per heavy atom. The lowest BCUT2D eigenvalue weighted by molar-refractivity contribution is 0.193. The fraction of sp³-hybridized carbons (Fsp3) is 0.611. The Kier molecular flexibility index (Phi) is 7.96. The molecule has 22 heavy (non-hydrogen) atoms. The fourth-order valence-electron chi connectivity index (χ4n) is 2.33. The number of amides is 2. The lowest BCUT2D eigenvalue weighted by Crippen LogP contribution is -2.40. The van der Waals surface area contributed by atoms with Gasteiger partial charge in [-0.3, -0.25) is 0 Å². The number of carbonyl (C=O) groups is 1. The molecular weight excluding hydrogens is 276 g/mol. The van der Waals surface area contributed by atoms with Gasteiger partial charge in [-0.05, 0) is 29.4 Å². The first kappa shape index (κ1) is 18.5. The molecule has 1 aromatic carbocycles. The summed E-state index contributed by atoms with van der Waals surface area (Å²) in [6.45, 7) is 9.88. The molecule has 124 valence electrons.